The molecule has 1 fully saturated rings. The van der Waals surface area contributed by atoms with Gasteiger partial charge in [0, 0.05) is 0 Å². The van der Waals surface area contributed by atoms with Crippen LogP contribution >= 0.6 is 23.2 Å². The Balaban J connectivity index is 2.84. The van der Waals surface area contributed by atoms with Gasteiger partial charge in [0.1, 0.15) is 16.7 Å². The van der Waals surface area contributed by atoms with Gasteiger partial charge in [-0.1, -0.05) is 23.2 Å². The number of hydrogen-bond donors (Lipinski definition) is 3. The molecule has 0 aromatic heterocycles. The van der Waals surface area contributed by atoms with Crippen LogP contribution in [0.5, 0.6) is 0 Å². The highest BCUT2D eigenvalue weighted by atomic mass is 35.5. The van der Waals surface area contributed by atoms with Gasteiger partial charge in [-0.2, -0.15) is 13.1 Å². The van der Waals surface area contributed by atoms with E-state index in [-0.39, 0.29) is 22.6 Å². The molecule has 1 rings (SSSR count). The fraction of sp³-hybridized carbons (Fsp3) is 0.375. The zero-order chi connectivity index (χ0) is 15.3. The summed E-state index contributed by atoms with van der Waals surface area (Å²) in [7, 11) is -4.24. The van der Waals surface area contributed by atoms with Crippen molar-refractivity contribution in [2.75, 3.05) is 13.2 Å². The number of nitrogens with zero attached hydrogens (tertiary/aromatic N) is 1. The van der Waals surface area contributed by atoms with Crippen LogP contribution in [0.25, 0.3) is 0 Å². The molecule has 1 aliphatic rings. The fourth-order valence-electron chi connectivity index (χ4n) is 1.09. The largest absolute Gasteiger partial charge is 0.465 e. The lowest BCUT2D eigenvalue weighted by atomic mass is 10.5. The first-order chi connectivity index (χ1) is 9.25. The van der Waals surface area contributed by atoms with Gasteiger partial charge in [0.15, 0.2) is 5.84 Å². The van der Waals surface area contributed by atoms with Gasteiger partial charge < -0.3 is 10.1 Å². The van der Waals surface area contributed by atoms with Gasteiger partial charge in [-0.05, 0) is 6.92 Å². The molecule has 0 aromatic carbocycles. The SMILES string of the molecule is CCOC(=O)CNS(=O)(=O)/N=C1\NC(=O)NC1=C(Cl)Cl. The molecule has 0 spiro atoms. The van der Waals surface area contributed by atoms with Crippen LogP contribution in [0.1, 0.15) is 6.92 Å². The summed E-state index contributed by atoms with van der Waals surface area (Å²) in [6.07, 6.45) is 0. The molecule has 0 aromatic rings. The second-order valence-electron chi connectivity index (χ2n) is 3.26. The summed E-state index contributed by atoms with van der Waals surface area (Å²) in [6, 6.07) is -0.738. The first-order valence-corrected chi connectivity index (χ1v) is 7.33. The van der Waals surface area contributed by atoms with Crippen LogP contribution in [0.3, 0.4) is 0 Å². The number of esters is 1. The third-order valence-corrected chi connectivity index (χ3v) is 3.12. The van der Waals surface area contributed by atoms with Crippen LogP contribution in [0.15, 0.2) is 14.6 Å². The van der Waals surface area contributed by atoms with Crippen LogP contribution in [0, 0.1) is 0 Å². The van der Waals surface area contributed by atoms with E-state index in [4.69, 9.17) is 23.2 Å². The Morgan fingerprint density at radius 2 is 2.05 bits per heavy atom. The highest BCUT2D eigenvalue weighted by Gasteiger charge is 2.26. The predicted molar refractivity (Wildman–Crippen MR) is 71.4 cm³/mol. The second-order valence-corrected chi connectivity index (χ2v) is 5.63. The van der Waals surface area contributed by atoms with Gasteiger partial charge in [0.2, 0.25) is 0 Å². The lowest BCUT2D eigenvalue weighted by Crippen LogP contribution is -2.31. The Hall–Kier alpha value is -1.36. The summed E-state index contributed by atoms with van der Waals surface area (Å²) in [6.45, 7) is 1.09. The van der Waals surface area contributed by atoms with Gasteiger partial charge in [0.05, 0.1) is 6.61 Å². The molecule has 0 unspecified atom stereocenters. The van der Waals surface area contributed by atoms with Gasteiger partial charge in [0.25, 0.3) is 0 Å². The quantitative estimate of drug-likeness (QED) is 0.592. The maximum atomic E-state index is 11.6. The van der Waals surface area contributed by atoms with E-state index in [0.29, 0.717) is 0 Å². The van der Waals surface area contributed by atoms with Crippen LogP contribution < -0.4 is 15.4 Å². The second kappa shape index (κ2) is 6.88. The monoisotopic (exact) mass is 344 g/mol. The number of urea groups is 1. The maximum Gasteiger partial charge on any atom is 0.325 e. The number of amidine groups is 1. The third-order valence-electron chi connectivity index (χ3n) is 1.81. The van der Waals surface area contributed by atoms with Crippen molar-refractivity contribution < 1.29 is 22.7 Å². The number of rotatable bonds is 5. The van der Waals surface area contributed by atoms with Crippen molar-refractivity contribution in [3.63, 3.8) is 0 Å². The van der Waals surface area contributed by atoms with Crippen molar-refractivity contribution in [1.29, 1.82) is 0 Å². The first-order valence-electron chi connectivity index (χ1n) is 5.14. The van der Waals surface area contributed by atoms with Crippen LogP contribution in [0.4, 0.5) is 4.79 Å². The number of halogens is 2. The number of ether oxygens (including phenoxy) is 1. The molecule has 1 heterocycles. The Morgan fingerprint density at radius 3 is 2.60 bits per heavy atom. The molecule has 20 heavy (non-hydrogen) atoms. The molecule has 0 aliphatic carbocycles. The molecule has 1 saturated heterocycles. The van der Waals surface area contributed by atoms with Crippen LogP contribution in [0.2, 0.25) is 0 Å². The minimum absolute atomic E-state index is 0.115. The maximum absolute atomic E-state index is 11.6. The van der Waals surface area contributed by atoms with Crippen LogP contribution in [-0.2, 0) is 19.7 Å². The highest BCUT2D eigenvalue weighted by Crippen LogP contribution is 2.15. The standard InChI is InChI=1S/C8H10Cl2N4O5S/c1-2-19-4(15)3-11-20(17,18)14-7-5(6(9)10)12-8(16)13-7/h11H,2-3H2,1H3,(H2,12,13,14,16). The zero-order valence-corrected chi connectivity index (χ0v) is 12.4. The minimum Gasteiger partial charge on any atom is -0.465 e. The number of nitrogens with one attached hydrogen (secondary N) is 3. The molecule has 9 nitrogen and oxygen atoms in total. The average molecular weight is 345 g/mol. The molecule has 0 saturated carbocycles. The molecule has 2 amide bonds. The number of carbonyl (C=O) groups is 2. The van der Waals surface area contributed by atoms with Gasteiger partial charge in [-0.15, -0.1) is 4.40 Å². The first kappa shape index (κ1) is 16.7. The Morgan fingerprint density at radius 1 is 1.40 bits per heavy atom. The van der Waals surface area contributed by atoms with E-state index in [0.717, 1.165) is 0 Å². The Bertz CT molecular complexity index is 582. The summed E-state index contributed by atoms with van der Waals surface area (Å²) in [5.74, 6) is -1.15. The van der Waals surface area contributed by atoms with E-state index in [9.17, 15) is 18.0 Å². The minimum atomic E-state index is -4.24. The van der Waals surface area contributed by atoms with Gasteiger partial charge in [-0.25, -0.2) is 4.79 Å². The van der Waals surface area contributed by atoms with Crippen molar-refractivity contribution in [3.05, 3.63) is 10.2 Å². The summed E-state index contributed by atoms with van der Waals surface area (Å²) >= 11 is 10.9. The molecule has 0 bridgehead atoms. The topological polar surface area (TPSA) is 126 Å². The van der Waals surface area contributed by atoms with Gasteiger partial charge >= 0.3 is 22.2 Å². The summed E-state index contributed by atoms with van der Waals surface area (Å²) in [4.78, 5) is 22.1. The summed E-state index contributed by atoms with van der Waals surface area (Å²) < 4.78 is 32.4. The predicted octanol–water partition coefficient (Wildman–Crippen LogP) is -0.258. The van der Waals surface area contributed by atoms with E-state index < -0.39 is 28.8 Å². The molecule has 1 aliphatic heterocycles. The number of hydrogen-bond acceptors (Lipinski definition) is 5. The number of carbonyl (C=O) groups excluding carboxylic acids is 2. The Labute approximate surface area is 124 Å². The van der Waals surface area contributed by atoms with Crippen molar-refractivity contribution >= 4 is 51.2 Å². The molecule has 12 heteroatoms. The third kappa shape index (κ3) is 4.96. The molecule has 0 radical (unpaired) electrons. The van der Waals surface area contributed by atoms with E-state index >= 15 is 0 Å². The van der Waals surface area contributed by atoms with Gasteiger partial charge in [-0.3, -0.25) is 10.1 Å². The van der Waals surface area contributed by atoms with Crippen LogP contribution in [-0.4, -0.2) is 39.4 Å². The van der Waals surface area contributed by atoms with Crippen molar-refractivity contribution in [2.24, 2.45) is 4.40 Å². The lowest BCUT2D eigenvalue weighted by molar-refractivity contribution is -0.141. The van der Waals surface area contributed by atoms with Crippen molar-refractivity contribution in [1.82, 2.24) is 15.4 Å². The molecule has 112 valence electrons. The smallest absolute Gasteiger partial charge is 0.325 e. The Kier molecular flexibility index (Phi) is 5.74. The van der Waals surface area contributed by atoms with E-state index in [1.165, 1.54) is 0 Å². The number of amides is 2. The lowest BCUT2D eigenvalue weighted by Gasteiger charge is -2.03. The van der Waals surface area contributed by atoms with E-state index in [1.54, 1.807) is 6.92 Å². The van der Waals surface area contributed by atoms with E-state index in [1.807, 2.05) is 4.72 Å². The average Bonchev–Trinajstić information content (AvgIpc) is 2.67. The summed E-state index contributed by atoms with van der Waals surface area (Å²) in [5, 5.41) is 4.25. The molecular weight excluding hydrogens is 335 g/mol. The molecule has 0 atom stereocenters. The van der Waals surface area contributed by atoms with Crippen molar-refractivity contribution in [2.45, 2.75) is 6.92 Å². The van der Waals surface area contributed by atoms with Crippen molar-refractivity contribution in [3.8, 4) is 0 Å². The van der Waals surface area contributed by atoms with E-state index in [2.05, 4.69) is 19.8 Å². The highest BCUT2D eigenvalue weighted by molar-refractivity contribution is 7.88. The fourth-order valence-corrected chi connectivity index (χ4v) is 2.11. The zero-order valence-electron chi connectivity index (χ0n) is 10.1. The normalized spacial score (nSPS) is 16.9. The molecule has 3 N–H and O–H groups in total. The molecular formula is C8H10Cl2N4O5S. The summed E-state index contributed by atoms with van der Waals surface area (Å²) in [5.41, 5.74) is -0.181.